The minimum atomic E-state index is 0.621. The molecule has 1 aromatic carbocycles. The van der Waals surface area contributed by atoms with Gasteiger partial charge < -0.3 is 9.64 Å². The van der Waals surface area contributed by atoms with E-state index >= 15 is 0 Å². The Bertz CT molecular complexity index is 800. The highest BCUT2D eigenvalue weighted by Gasteiger charge is 2.12. The van der Waals surface area contributed by atoms with E-state index in [1.54, 1.807) is 6.20 Å². The SMILES string of the molecule is Cc1cccc2c(-c3cccnc3)cnc(OCCN(C)C)c12. The number of benzene rings is 1. The second-order valence-electron chi connectivity index (χ2n) is 5.87. The standard InChI is InChI=1S/C19H21N3O/c1-14-6-4-8-16-17(15-7-5-9-20-12-15)13-21-19(18(14)16)23-11-10-22(2)3/h4-9,12-13H,10-11H2,1-3H3. The van der Waals surface area contributed by atoms with E-state index in [2.05, 4.69) is 46.1 Å². The first kappa shape index (κ1) is 15.4. The van der Waals surface area contributed by atoms with Crippen LogP contribution in [-0.2, 0) is 0 Å². The molecule has 3 rings (SSSR count). The van der Waals surface area contributed by atoms with Crippen molar-refractivity contribution in [3.63, 3.8) is 0 Å². The van der Waals surface area contributed by atoms with Gasteiger partial charge in [-0.25, -0.2) is 4.98 Å². The van der Waals surface area contributed by atoms with Gasteiger partial charge in [-0.05, 0) is 38.0 Å². The van der Waals surface area contributed by atoms with Gasteiger partial charge in [0.1, 0.15) is 6.61 Å². The molecule has 2 heterocycles. The summed E-state index contributed by atoms with van der Waals surface area (Å²) in [5.41, 5.74) is 3.31. The zero-order valence-corrected chi connectivity index (χ0v) is 13.8. The van der Waals surface area contributed by atoms with Crippen LogP contribution < -0.4 is 4.74 Å². The van der Waals surface area contributed by atoms with Gasteiger partial charge in [0, 0.05) is 41.6 Å². The van der Waals surface area contributed by atoms with Crippen LogP contribution in [0.5, 0.6) is 5.88 Å². The maximum atomic E-state index is 5.93. The molecule has 0 saturated heterocycles. The maximum Gasteiger partial charge on any atom is 0.221 e. The van der Waals surface area contributed by atoms with Gasteiger partial charge in [-0.1, -0.05) is 24.3 Å². The monoisotopic (exact) mass is 307 g/mol. The molecule has 3 aromatic rings. The predicted molar refractivity (Wildman–Crippen MR) is 93.8 cm³/mol. The Morgan fingerprint density at radius 3 is 2.70 bits per heavy atom. The van der Waals surface area contributed by atoms with Gasteiger partial charge in [-0.15, -0.1) is 0 Å². The normalized spacial score (nSPS) is 11.1. The third kappa shape index (κ3) is 3.32. The first-order chi connectivity index (χ1) is 11.2. The van der Waals surface area contributed by atoms with Gasteiger partial charge in [-0.2, -0.15) is 0 Å². The Hall–Kier alpha value is -2.46. The third-order valence-electron chi connectivity index (χ3n) is 3.84. The molecule has 0 spiro atoms. The molecule has 0 aliphatic carbocycles. The maximum absolute atomic E-state index is 5.93. The van der Waals surface area contributed by atoms with E-state index in [0.29, 0.717) is 12.5 Å². The molecule has 0 aliphatic heterocycles. The molecule has 0 saturated carbocycles. The van der Waals surface area contributed by atoms with Crippen molar-refractivity contribution in [1.82, 2.24) is 14.9 Å². The topological polar surface area (TPSA) is 38.3 Å². The molecule has 23 heavy (non-hydrogen) atoms. The Morgan fingerprint density at radius 2 is 1.96 bits per heavy atom. The van der Waals surface area contributed by atoms with Crippen LogP contribution in [0.4, 0.5) is 0 Å². The van der Waals surface area contributed by atoms with Gasteiger partial charge >= 0.3 is 0 Å². The van der Waals surface area contributed by atoms with Crippen LogP contribution in [0.25, 0.3) is 21.9 Å². The first-order valence-electron chi connectivity index (χ1n) is 7.73. The van der Waals surface area contributed by atoms with Crippen LogP contribution >= 0.6 is 0 Å². The largest absolute Gasteiger partial charge is 0.476 e. The van der Waals surface area contributed by atoms with E-state index in [1.807, 2.05) is 32.6 Å². The molecule has 0 N–H and O–H groups in total. The van der Waals surface area contributed by atoms with Crippen molar-refractivity contribution in [3.05, 3.63) is 54.5 Å². The Morgan fingerprint density at radius 1 is 1.09 bits per heavy atom. The molecule has 0 amide bonds. The fraction of sp³-hybridized carbons (Fsp3) is 0.263. The van der Waals surface area contributed by atoms with Crippen LogP contribution in [0.3, 0.4) is 0 Å². The van der Waals surface area contributed by atoms with Crippen molar-refractivity contribution in [3.8, 4) is 17.0 Å². The second-order valence-corrected chi connectivity index (χ2v) is 5.87. The molecule has 0 fully saturated rings. The highest BCUT2D eigenvalue weighted by Crippen LogP contribution is 2.34. The molecule has 4 heteroatoms. The molecule has 0 unspecified atom stereocenters. The smallest absolute Gasteiger partial charge is 0.221 e. The molecule has 0 aliphatic rings. The van der Waals surface area contributed by atoms with Crippen molar-refractivity contribution < 1.29 is 4.74 Å². The zero-order chi connectivity index (χ0) is 16.2. The fourth-order valence-electron chi connectivity index (χ4n) is 2.62. The highest BCUT2D eigenvalue weighted by atomic mass is 16.5. The number of hydrogen-bond donors (Lipinski definition) is 0. The quantitative estimate of drug-likeness (QED) is 0.722. The molecular formula is C19H21N3O. The van der Waals surface area contributed by atoms with Crippen molar-refractivity contribution in [1.29, 1.82) is 0 Å². The van der Waals surface area contributed by atoms with Gasteiger partial charge in [0.2, 0.25) is 5.88 Å². The van der Waals surface area contributed by atoms with Gasteiger partial charge in [0.05, 0.1) is 0 Å². The molecule has 0 bridgehead atoms. The number of nitrogens with zero attached hydrogens (tertiary/aromatic N) is 3. The van der Waals surface area contributed by atoms with Crippen LogP contribution in [0.15, 0.2) is 48.9 Å². The lowest BCUT2D eigenvalue weighted by Gasteiger charge is -2.15. The number of rotatable bonds is 5. The lowest BCUT2D eigenvalue weighted by atomic mass is 9.99. The van der Waals surface area contributed by atoms with E-state index in [9.17, 15) is 0 Å². The van der Waals surface area contributed by atoms with Gasteiger partial charge in [-0.3, -0.25) is 4.98 Å². The summed E-state index contributed by atoms with van der Waals surface area (Å²) in [4.78, 5) is 10.9. The van der Waals surface area contributed by atoms with E-state index in [4.69, 9.17) is 4.74 Å². The van der Waals surface area contributed by atoms with Crippen molar-refractivity contribution in [2.75, 3.05) is 27.2 Å². The number of hydrogen-bond acceptors (Lipinski definition) is 4. The van der Waals surface area contributed by atoms with Crippen molar-refractivity contribution in [2.24, 2.45) is 0 Å². The van der Waals surface area contributed by atoms with Gasteiger partial charge in [0.25, 0.3) is 0 Å². The van der Waals surface area contributed by atoms with E-state index in [0.717, 1.165) is 28.4 Å². The Kier molecular flexibility index (Phi) is 4.53. The summed E-state index contributed by atoms with van der Waals surface area (Å²) in [6.45, 7) is 3.57. The van der Waals surface area contributed by atoms with E-state index in [1.165, 1.54) is 5.56 Å². The fourth-order valence-corrected chi connectivity index (χ4v) is 2.62. The summed E-state index contributed by atoms with van der Waals surface area (Å²) in [7, 11) is 4.07. The summed E-state index contributed by atoms with van der Waals surface area (Å²) in [5, 5.41) is 2.22. The molecule has 118 valence electrons. The summed E-state index contributed by atoms with van der Waals surface area (Å²) >= 11 is 0. The van der Waals surface area contributed by atoms with Crippen molar-refractivity contribution >= 4 is 10.8 Å². The number of fused-ring (bicyclic) bond motifs is 1. The summed E-state index contributed by atoms with van der Waals surface area (Å²) < 4.78 is 5.93. The number of pyridine rings is 2. The highest BCUT2D eigenvalue weighted by molar-refractivity contribution is 6.00. The summed E-state index contributed by atoms with van der Waals surface area (Å²) in [6.07, 6.45) is 5.53. The number of aryl methyl sites for hydroxylation is 1. The minimum Gasteiger partial charge on any atom is -0.476 e. The molecule has 4 nitrogen and oxygen atoms in total. The Balaban J connectivity index is 2.07. The number of ether oxygens (including phenoxy) is 1. The average Bonchev–Trinajstić information content (AvgIpc) is 2.55. The van der Waals surface area contributed by atoms with Crippen molar-refractivity contribution in [2.45, 2.75) is 6.92 Å². The predicted octanol–water partition coefficient (Wildman–Crippen LogP) is 3.55. The van der Waals surface area contributed by atoms with Crippen LogP contribution in [0.2, 0.25) is 0 Å². The Labute approximate surface area is 136 Å². The summed E-state index contributed by atoms with van der Waals surface area (Å²) in [6, 6.07) is 10.3. The summed E-state index contributed by atoms with van der Waals surface area (Å²) in [5.74, 6) is 0.701. The molecule has 0 radical (unpaired) electrons. The average molecular weight is 307 g/mol. The molecular weight excluding hydrogens is 286 g/mol. The lowest BCUT2D eigenvalue weighted by molar-refractivity contribution is 0.256. The number of likely N-dealkylation sites (N-methyl/N-ethyl adjacent to an activating group) is 1. The molecule has 2 aromatic heterocycles. The minimum absolute atomic E-state index is 0.621. The van der Waals surface area contributed by atoms with Crippen LogP contribution in [-0.4, -0.2) is 42.1 Å². The first-order valence-corrected chi connectivity index (χ1v) is 7.73. The second kappa shape index (κ2) is 6.75. The third-order valence-corrected chi connectivity index (χ3v) is 3.84. The van der Waals surface area contributed by atoms with E-state index in [-0.39, 0.29) is 0 Å². The van der Waals surface area contributed by atoms with Crippen LogP contribution in [0.1, 0.15) is 5.56 Å². The molecule has 0 atom stereocenters. The number of aromatic nitrogens is 2. The van der Waals surface area contributed by atoms with Crippen LogP contribution in [0, 0.1) is 6.92 Å². The van der Waals surface area contributed by atoms with E-state index < -0.39 is 0 Å². The zero-order valence-electron chi connectivity index (χ0n) is 13.8. The van der Waals surface area contributed by atoms with Gasteiger partial charge in [0.15, 0.2) is 0 Å². The lowest BCUT2D eigenvalue weighted by Crippen LogP contribution is -2.19.